The number of fused-ring (bicyclic) bond motifs is 1. The lowest BCUT2D eigenvalue weighted by atomic mass is 10.0. The Labute approximate surface area is 160 Å². The summed E-state index contributed by atoms with van der Waals surface area (Å²) in [7, 11) is 1.80. The summed E-state index contributed by atoms with van der Waals surface area (Å²) in [6.07, 6.45) is 3.07. The average molecular weight is 386 g/mol. The number of rotatable bonds is 4. The van der Waals surface area contributed by atoms with Gasteiger partial charge in [0.1, 0.15) is 23.4 Å². The van der Waals surface area contributed by atoms with E-state index in [9.17, 15) is 9.18 Å². The minimum Gasteiger partial charge on any atom is -0.480 e. The molecule has 0 fully saturated rings. The number of ether oxygens (including phenoxy) is 1. The molecule has 1 aliphatic rings. The third kappa shape index (κ3) is 3.40. The maximum atomic E-state index is 14.4. The van der Waals surface area contributed by atoms with E-state index in [1.165, 1.54) is 6.07 Å². The van der Waals surface area contributed by atoms with Gasteiger partial charge in [0.2, 0.25) is 0 Å². The molecule has 0 bridgehead atoms. The normalized spacial score (nSPS) is 16.5. The zero-order valence-corrected chi connectivity index (χ0v) is 15.3. The molecule has 0 saturated heterocycles. The molecule has 2 heterocycles. The Hall–Kier alpha value is -2.86. The SMILES string of the molecule is Cn1ccnc1[C@@H](NC(=O)[C@H]1Cc2cc(Cl)ccc2O1)c1ccccc1F. The molecule has 0 unspecified atom stereocenters. The van der Waals surface area contributed by atoms with Crippen LogP contribution in [0.1, 0.15) is 23.0 Å². The first kappa shape index (κ1) is 17.5. The molecule has 7 heteroatoms. The number of nitrogens with one attached hydrogen (secondary N) is 1. The van der Waals surface area contributed by atoms with Crippen molar-refractivity contribution in [3.05, 3.63) is 82.6 Å². The number of carbonyl (C=O) groups is 1. The fourth-order valence-electron chi connectivity index (χ4n) is 3.24. The maximum absolute atomic E-state index is 14.4. The lowest BCUT2D eigenvalue weighted by Crippen LogP contribution is -2.41. The van der Waals surface area contributed by atoms with Gasteiger partial charge in [0.05, 0.1) is 0 Å². The van der Waals surface area contributed by atoms with E-state index < -0.39 is 18.0 Å². The molecule has 0 saturated carbocycles. The fraction of sp³-hybridized carbons (Fsp3) is 0.200. The predicted molar refractivity (Wildman–Crippen MR) is 99.2 cm³/mol. The van der Waals surface area contributed by atoms with Gasteiger partial charge in [0.15, 0.2) is 6.10 Å². The van der Waals surface area contributed by atoms with Gasteiger partial charge in [-0.2, -0.15) is 0 Å². The van der Waals surface area contributed by atoms with Crippen LogP contribution in [-0.4, -0.2) is 21.6 Å². The van der Waals surface area contributed by atoms with Gasteiger partial charge < -0.3 is 14.6 Å². The molecule has 5 nitrogen and oxygen atoms in total. The van der Waals surface area contributed by atoms with Crippen LogP contribution in [0, 0.1) is 5.82 Å². The molecule has 2 aromatic carbocycles. The van der Waals surface area contributed by atoms with Crippen LogP contribution in [0.15, 0.2) is 54.9 Å². The van der Waals surface area contributed by atoms with E-state index >= 15 is 0 Å². The van der Waals surface area contributed by atoms with E-state index in [1.54, 1.807) is 60.4 Å². The Morgan fingerprint density at radius 2 is 2.19 bits per heavy atom. The van der Waals surface area contributed by atoms with Crippen LogP contribution in [0.25, 0.3) is 0 Å². The number of hydrogen-bond donors (Lipinski definition) is 1. The van der Waals surface area contributed by atoms with Gasteiger partial charge in [0.25, 0.3) is 5.91 Å². The Bertz CT molecular complexity index is 1000. The summed E-state index contributed by atoms with van der Waals surface area (Å²) in [5, 5.41) is 3.48. The van der Waals surface area contributed by atoms with Crippen molar-refractivity contribution in [1.29, 1.82) is 0 Å². The molecular formula is C20H17ClFN3O2. The van der Waals surface area contributed by atoms with Crippen LogP contribution in [-0.2, 0) is 18.3 Å². The summed E-state index contributed by atoms with van der Waals surface area (Å²) in [5.41, 5.74) is 1.22. The topological polar surface area (TPSA) is 56.2 Å². The zero-order valence-electron chi connectivity index (χ0n) is 14.5. The molecule has 0 radical (unpaired) electrons. The summed E-state index contributed by atoms with van der Waals surface area (Å²) in [6, 6.07) is 10.9. The summed E-state index contributed by atoms with van der Waals surface area (Å²) < 4.78 is 21.9. The number of imidazole rings is 1. The van der Waals surface area contributed by atoms with Gasteiger partial charge in [-0.15, -0.1) is 0 Å². The number of halogens is 2. The predicted octanol–water partition coefficient (Wildman–Crippen LogP) is 3.42. The van der Waals surface area contributed by atoms with Crippen LogP contribution in [0.5, 0.6) is 5.75 Å². The largest absolute Gasteiger partial charge is 0.480 e. The molecule has 3 aromatic rings. The van der Waals surface area contributed by atoms with Crippen molar-refractivity contribution < 1.29 is 13.9 Å². The van der Waals surface area contributed by atoms with Crippen LogP contribution < -0.4 is 10.1 Å². The van der Waals surface area contributed by atoms with Crippen LogP contribution in [0.2, 0.25) is 5.02 Å². The van der Waals surface area contributed by atoms with Gasteiger partial charge in [-0.1, -0.05) is 29.8 Å². The van der Waals surface area contributed by atoms with Crippen LogP contribution in [0.3, 0.4) is 0 Å². The van der Waals surface area contributed by atoms with Crippen molar-refractivity contribution in [3.8, 4) is 5.75 Å². The highest BCUT2D eigenvalue weighted by molar-refractivity contribution is 6.30. The van der Waals surface area contributed by atoms with Crippen molar-refractivity contribution in [2.75, 3.05) is 0 Å². The molecule has 1 aliphatic heterocycles. The summed E-state index contributed by atoms with van der Waals surface area (Å²) in [5.74, 6) is 0.428. The number of benzene rings is 2. The first-order valence-electron chi connectivity index (χ1n) is 8.50. The fourth-order valence-corrected chi connectivity index (χ4v) is 3.44. The van der Waals surface area contributed by atoms with E-state index in [1.807, 2.05) is 0 Å². The lowest BCUT2D eigenvalue weighted by Gasteiger charge is -2.21. The highest BCUT2D eigenvalue weighted by atomic mass is 35.5. The highest BCUT2D eigenvalue weighted by Gasteiger charge is 2.32. The molecule has 1 aromatic heterocycles. The first-order chi connectivity index (χ1) is 13.0. The molecule has 138 valence electrons. The van der Waals surface area contributed by atoms with Gasteiger partial charge in [-0.05, 0) is 29.8 Å². The van der Waals surface area contributed by atoms with Crippen molar-refractivity contribution in [2.24, 2.45) is 7.05 Å². The summed E-state index contributed by atoms with van der Waals surface area (Å²) in [4.78, 5) is 17.2. The third-order valence-electron chi connectivity index (χ3n) is 4.61. The highest BCUT2D eigenvalue weighted by Crippen LogP contribution is 2.32. The Morgan fingerprint density at radius 1 is 1.37 bits per heavy atom. The standard InChI is InChI=1S/C20H17ClFN3O2/c1-25-9-8-23-19(25)18(14-4-2-3-5-15(14)22)24-20(26)17-11-12-10-13(21)6-7-16(12)27-17/h2-10,17-18H,11H2,1H3,(H,24,26)/t17-,18+/m1/s1. The van der Waals surface area contributed by atoms with E-state index in [2.05, 4.69) is 10.3 Å². The molecular weight excluding hydrogens is 369 g/mol. The minimum absolute atomic E-state index is 0.335. The van der Waals surface area contributed by atoms with Gasteiger partial charge in [-0.25, -0.2) is 9.37 Å². The van der Waals surface area contributed by atoms with Crippen molar-refractivity contribution in [1.82, 2.24) is 14.9 Å². The lowest BCUT2D eigenvalue weighted by molar-refractivity contribution is -0.127. The average Bonchev–Trinajstić information content (AvgIpc) is 3.26. The molecule has 4 rings (SSSR count). The van der Waals surface area contributed by atoms with E-state index in [-0.39, 0.29) is 5.91 Å². The molecule has 0 spiro atoms. The van der Waals surface area contributed by atoms with Crippen LogP contribution in [0.4, 0.5) is 4.39 Å². The second-order valence-electron chi connectivity index (χ2n) is 6.42. The Kier molecular flexibility index (Phi) is 4.58. The smallest absolute Gasteiger partial charge is 0.262 e. The van der Waals surface area contributed by atoms with Crippen molar-refractivity contribution in [3.63, 3.8) is 0 Å². The first-order valence-corrected chi connectivity index (χ1v) is 8.88. The van der Waals surface area contributed by atoms with Crippen molar-refractivity contribution >= 4 is 17.5 Å². The minimum atomic E-state index is -0.727. The molecule has 1 amide bonds. The number of carbonyl (C=O) groups excluding carboxylic acids is 1. The zero-order chi connectivity index (χ0) is 19.0. The number of hydrogen-bond acceptors (Lipinski definition) is 3. The quantitative estimate of drug-likeness (QED) is 0.748. The van der Waals surface area contributed by atoms with Crippen molar-refractivity contribution in [2.45, 2.75) is 18.6 Å². The molecule has 2 atom stereocenters. The number of nitrogens with zero attached hydrogens (tertiary/aromatic N) is 2. The van der Waals surface area contributed by atoms with Gasteiger partial charge in [-0.3, -0.25) is 4.79 Å². The second-order valence-corrected chi connectivity index (χ2v) is 6.86. The van der Waals surface area contributed by atoms with E-state index in [4.69, 9.17) is 16.3 Å². The van der Waals surface area contributed by atoms with E-state index in [0.717, 1.165) is 5.56 Å². The van der Waals surface area contributed by atoms with Crippen LogP contribution >= 0.6 is 11.6 Å². The third-order valence-corrected chi connectivity index (χ3v) is 4.84. The molecule has 27 heavy (non-hydrogen) atoms. The number of aryl methyl sites for hydroxylation is 1. The van der Waals surface area contributed by atoms with Gasteiger partial charge >= 0.3 is 0 Å². The number of aromatic nitrogens is 2. The monoisotopic (exact) mass is 385 g/mol. The Morgan fingerprint density at radius 3 is 2.93 bits per heavy atom. The molecule has 0 aliphatic carbocycles. The second kappa shape index (κ2) is 7.04. The summed E-state index contributed by atoms with van der Waals surface area (Å²) >= 11 is 6.01. The Balaban J connectivity index is 1.60. The summed E-state index contributed by atoms with van der Waals surface area (Å²) in [6.45, 7) is 0. The number of amides is 1. The maximum Gasteiger partial charge on any atom is 0.262 e. The molecule has 1 N–H and O–H groups in total. The van der Waals surface area contributed by atoms with Gasteiger partial charge in [0, 0.05) is 36.4 Å². The van der Waals surface area contributed by atoms with E-state index in [0.29, 0.717) is 28.6 Å².